The maximum atomic E-state index is 10.2. The molecule has 0 radical (unpaired) electrons. The lowest BCUT2D eigenvalue weighted by atomic mass is 9.88. The first-order valence-electron chi connectivity index (χ1n) is 3.33. The molecule has 0 amide bonds. The summed E-state index contributed by atoms with van der Waals surface area (Å²) in [5.74, 6) is 0. The second kappa shape index (κ2) is 2.32. The summed E-state index contributed by atoms with van der Waals surface area (Å²) in [6, 6.07) is 0. The number of carbonyl (C=O) groups excluding carboxylic acids is 1. The van der Waals surface area contributed by atoms with Gasteiger partial charge in [0.15, 0.2) is 6.29 Å². The van der Waals surface area contributed by atoms with Crippen LogP contribution in [-0.2, 0) is 9.53 Å². The van der Waals surface area contributed by atoms with Crippen LogP contribution in [0.4, 0.5) is 0 Å². The molecule has 3 nitrogen and oxygen atoms in total. The van der Waals surface area contributed by atoms with Gasteiger partial charge in [0, 0.05) is 5.41 Å². The van der Waals surface area contributed by atoms with E-state index in [0.717, 1.165) is 0 Å². The Morgan fingerprint density at radius 1 is 1.70 bits per heavy atom. The van der Waals surface area contributed by atoms with Crippen molar-refractivity contribution in [2.45, 2.75) is 26.1 Å². The lowest BCUT2D eigenvalue weighted by Gasteiger charge is -2.19. The summed E-state index contributed by atoms with van der Waals surface area (Å²) in [4.78, 5) is 10.2. The van der Waals surface area contributed by atoms with Crippen LogP contribution in [0.1, 0.15) is 13.8 Å². The first kappa shape index (κ1) is 7.69. The average molecular weight is 144 g/mol. The Labute approximate surface area is 60.0 Å². The Hall–Kier alpha value is -0.410. The zero-order chi connectivity index (χ0) is 7.78. The molecule has 1 heterocycles. The fraction of sp³-hybridized carbons (Fsp3) is 0.857. The van der Waals surface area contributed by atoms with Gasteiger partial charge in [-0.3, -0.25) is 0 Å². The first-order chi connectivity index (χ1) is 4.58. The van der Waals surface area contributed by atoms with E-state index in [0.29, 0.717) is 12.9 Å². The third kappa shape index (κ3) is 1.07. The quantitative estimate of drug-likeness (QED) is 0.526. The number of hydrogen-bond donors (Lipinski definition) is 1. The van der Waals surface area contributed by atoms with E-state index < -0.39 is 12.2 Å². The SMILES string of the molecule is CC1(C)COC(C=O)C1O. The van der Waals surface area contributed by atoms with Gasteiger partial charge in [-0.05, 0) is 0 Å². The molecule has 1 rings (SSSR count). The van der Waals surface area contributed by atoms with Crippen molar-refractivity contribution in [3.63, 3.8) is 0 Å². The zero-order valence-electron chi connectivity index (χ0n) is 6.20. The highest BCUT2D eigenvalue weighted by Crippen LogP contribution is 2.30. The van der Waals surface area contributed by atoms with Crippen LogP contribution in [-0.4, -0.2) is 30.2 Å². The third-order valence-electron chi connectivity index (χ3n) is 1.89. The van der Waals surface area contributed by atoms with Crippen LogP contribution < -0.4 is 0 Å². The minimum absolute atomic E-state index is 0.272. The molecule has 1 N–H and O–H groups in total. The minimum atomic E-state index is -0.648. The molecule has 1 aliphatic heterocycles. The predicted molar refractivity (Wildman–Crippen MR) is 35.6 cm³/mol. The minimum Gasteiger partial charge on any atom is -0.389 e. The van der Waals surface area contributed by atoms with E-state index in [4.69, 9.17) is 4.74 Å². The Bertz CT molecular complexity index is 142. The van der Waals surface area contributed by atoms with Crippen LogP contribution in [0.5, 0.6) is 0 Å². The van der Waals surface area contributed by atoms with Crippen molar-refractivity contribution in [1.29, 1.82) is 0 Å². The highest BCUT2D eigenvalue weighted by molar-refractivity contribution is 5.58. The third-order valence-corrected chi connectivity index (χ3v) is 1.89. The molecule has 1 fully saturated rings. The van der Waals surface area contributed by atoms with E-state index in [1.807, 2.05) is 13.8 Å². The van der Waals surface area contributed by atoms with Gasteiger partial charge in [-0.25, -0.2) is 0 Å². The van der Waals surface area contributed by atoms with Crippen molar-refractivity contribution in [1.82, 2.24) is 0 Å². The van der Waals surface area contributed by atoms with Gasteiger partial charge >= 0.3 is 0 Å². The Morgan fingerprint density at radius 3 is 2.50 bits per heavy atom. The van der Waals surface area contributed by atoms with Crippen LogP contribution in [0.15, 0.2) is 0 Å². The molecule has 0 bridgehead atoms. The van der Waals surface area contributed by atoms with Crippen molar-refractivity contribution in [3.8, 4) is 0 Å². The smallest absolute Gasteiger partial charge is 0.151 e. The first-order valence-corrected chi connectivity index (χ1v) is 3.33. The molecule has 0 spiro atoms. The zero-order valence-corrected chi connectivity index (χ0v) is 6.20. The van der Waals surface area contributed by atoms with Gasteiger partial charge in [0.25, 0.3) is 0 Å². The molecule has 1 saturated heterocycles. The normalized spacial score (nSPS) is 37.9. The highest BCUT2D eigenvalue weighted by Gasteiger charge is 2.41. The standard InChI is InChI=1S/C7H12O3/c1-7(2)4-10-5(3-8)6(7)9/h3,5-6,9H,4H2,1-2H3. The van der Waals surface area contributed by atoms with E-state index in [1.165, 1.54) is 0 Å². The van der Waals surface area contributed by atoms with E-state index in [9.17, 15) is 9.90 Å². The van der Waals surface area contributed by atoms with Gasteiger partial charge in [0.05, 0.1) is 12.7 Å². The summed E-state index contributed by atoms with van der Waals surface area (Å²) < 4.78 is 5.01. The van der Waals surface area contributed by atoms with E-state index in [1.54, 1.807) is 0 Å². The van der Waals surface area contributed by atoms with Crippen molar-refractivity contribution >= 4 is 6.29 Å². The van der Waals surface area contributed by atoms with Gasteiger partial charge in [0.2, 0.25) is 0 Å². The molecule has 2 unspecified atom stereocenters. The van der Waals surface area contributed by atoms with E-state index in [2.05, 4.69) is 0 Å². The molecule has 1 aliphatic rings. The number of ether oxygens (including phenoxy) is 1. The second-order valence-electron chi connectivity index (χ2n) is 3.35. The monoisotopic (exact) mass is 144 g/mol. The van der Waals surface area contributed by atoms with E-state index in [-0.39, 0.29) is 5.41 Å². The summed E-state index contributed by atoms with van der Waals surface area (Å²) >= 11 is 0. The number of carbonyl (C=O) groups is 1. The number of hydrogen-bond acceptors (Lipinski definition) is 3. The molecule has 10 heavy (non-hydrogen) atoms. The van der Waals surface area contributed by atoms with Gasteiger partial charge in [0.1, 0.15) is 6.10 Å². The number of aldehydes is 1. The van der Waals surface area contributed by atoms with Crippen LogP contribution in [0.3, 0.4) is 0 Å². The van der Waals surface area contributed by atoms with Crippen molar-refractivity contribution in [3.05, 3.63) is 0 Å². The average Bonchev–Trinajstić information content (AvgIpc) is 2.10. The van der Waals surface area contributed by atoms with Gasteiger partial charge in [-0.1, -0.05) is 13.8 Å². The van der Waals surface area contributed by atoms with Gasteiger partial charge < -0.3 is 14.6 Å². The Kier molecular flexibility index (Phi) is 1.79. The summed E-state index contributed by atoms with van der Waals surface area (Å²) in [6.45, 7) is 4.21. The van der Waals surface area contributed by atoms with Crippen LogP contribution in [0, 0.1) is 5.41 Å². The molecule has 3 heteroatoms. The maximum Gasteiger partial charge on any atom is 0.151 e. The predicted octanol–water partition coefficient (Wildman–Crippen LogP) is -0.0288. The lowest BCUT2D eigenvalue weighted by molar-refractivity contribution is -0.119. The number of rotatable bonds is 1. The summed E-state index contributed by atoms with van der Waals surface area (Å²) in [5.41, 5.74) is -0.272. The van der Waals surface area contributed by atoms with Crippen molar-refractivity contribution < 1.29 is 14.6 Å². The molecule has 0 aliphatic carbocycles. The Morgan fingerprint density at radius 2 is 2.30 bits per heavy atom. The second-order valence-corrected chi connectivity index (χ2v) is 3.35. The molecule has 0 aromatic rings. The summed E-state index contributed by atoms with van der Waals surface area (Å²) in [6.07, 6.45) is -0.612. The molecular weight excluding hydrogens is 132 g/mol. The van der Waals surface area contributed by atoms with Gasteiger partial charge in [-0.15, -0.1) is 0 Å². The Balaban J connectivity index is 2.66. The van der Waals surface area contributed by atoms with Crippen molar-refractivity contribution in [2.75, 3.05) is 6.61 Å². The molecule has 0 aromatic carbocycles. The highest BCUT2D eigenvalue weighted by atomic mass is 16.5. The summed E-state index contributed by atoms with van der Waals surface area (Å²) in [5, 5.41) is 9.36. The van der Waals surface area contributed by atoms with Crippen LogP contribution in [0.25, 0.3) is 0 Å². The molecular formula is C7H12O3. The fourth-order valence-corrected chi connectivity index (χ4v) is 1.05. The van der Waals surface area contributed by atoms with Crippen LogP contribution >= 0.6 is 0 Å². The van der Waals surface area contributed by atoms with Crippen molar-refractivity contribution in [2.24, 2.45) is 5.41 Å². The summed E-state index contributed by atoms with van der Waals surface area (Å²) in [7, 11) is 0. The van der Waals surface area contributed by atoms with Crippen LogP contribution in [0.2, 0.25) is 0 Å². The number of aliphatic hydroxyl groups excluding tert-OH is 1. The lowest BCUT2D eigenvalue weighted by Crippen LogP contribution is -2.32. The van der Waals surface area contributed by atoms with E-state index >= 15 is 0 Å². The fourth-order valence-electron chi connectivity index (χ4n) is 1.05. The molecule has 0 saturated carbocycles. The molecule has 58 valence electrons. The maximum absolute atomic E-state index is 10.2. The molecule has 0 aromatic heterocycles. The molecule has 2 atom stereocenters. The topological polar surface area (TPSA) is 46.5 Å². The number of aliphatic hydroxyl groups is 1. The van der Waals surface area contributed by atoms with Gasteiger partial charge in [-0.2, -0.15) is 0 Å². The largest absolute Gasteiger partial charge is 0.389 e.